The largest absolute Gasteiger partial charge is 0.497 e. The molecule has 1 aromatic heterocycles. The molecule has 2 heterocycles. The Kier molecular flexibility index (Phi) is 9.86. The van der Waals surface area contributed by atoms with Gasteiger partial charge in [-0.15, -0.1) is 0 Å². The molecule has 1 fully saturated rings. The van der Waals surface area contributed by atoms with Crippen LogP contribution in [0, 0.1) is 0 Å². The van der Waals surface area contributed by atoms with Gasteiger partial charge in [0.25, 0.3) is 5.91 Å². The van der Waals surface area contributed by atoms with Crippen LogP contribution in [0.2, 0.25) is 0 Å². The molecule has 10 heteroatoms. The third-order valence-electron chi connectivity index (χ3n) is 6.35. The number of aldehydes is 1. The second-order valence-electron chi connectivity index (χ2n) is 9.26. The molecule has 1 aliphatic rings. The van der Waals surface area contributed by atoms with Crippen molar-refractivity contribution in [3.8, 4) is 11.4 Å². The summed E-state index contributed by atoms with van der Waals surface area (Å²) in [6.45, 7) is 2.81. The summed E-state index contributed by atoms with van der Waals surface area (Å²) in [6, 6.07) is 15.6. The highest BCUT2D eigenvalue weighted by atomic mass is 16.5. The van der Waals surface area contributed by atoms with Crippen LogP contribution in [0.4, 0.5) is 11.4 Å². The normalized spacial score (nSPS) is 12.4. The van der Waals surface area contributed by atoms with Crippen LogP contribution in [0.15, 0.2) is 48.5 Å². The first-order valence-electron chi connectivity index (χ1n) is 12.5. The molecular formula is C28H36N6O4. The van der Waals surface area contributed by atoms with Gasteiger partial charge < -0.3 is 25.2 Å². The minimum atomic E-state index is -0.655. The van der Waals surface area contributed by atoms with Crippen LogP contribution >= 0.6 is 0 Å². The molecule has 0 unspecified atom stereocenters. The first kappa shape index (κ1) is 28.2. The number of benzene rings is 2. The number of amides is 2. The number of carbonyl (C=O) groups is 3. The molecule has 0 saturated carbocycles. The lowest BCUT2D eigenvalue weighted by Crippen LogP contribution is -2.22. The van der Waals surface area contributed by atoms with Gasteiger partial charge in [0.15, 0.2) is 12.0 Å². The van der Waals surface area contributed by atoms with Crippen molar-refractivity contribution in [1.82, 2.24) is 14.7 Å². The molecule has 2 aromatic carbocycles. The number of hydrogen-bond donors (Lipinski definition) is 1. The smallest absolute Gasteiger partial charge is 0.269 e. The van der Waals surface area contributed by atoms with E-state index in [-0.39, 0.29) is 5.69 Å². The molecule has 2 N–H and O–H groups in total. The van der Waals surface area contributed by atoms with Gasteiger partial charge in [-0.05, 0) is 67.8 Å². The van der Waals surface area contributed by atoms with Crippen molar-refractivity contribution in [1.29, 1.82) is 0 Å². The number of primary amides is 1. The molecule has 4 rings (SSSR count). The number of rotatable bonds is 10. The standard InChI is InChI=1S/C25H29N5O3.C3H7NO/c1-28(18-5-7-19(8-6-18)29-14-3-4-15-29)16-13-22-23(17-31)30(27-24(22)25(26)32)20-9-11-21(33-2)12-10-20;1-4(2)3-5/h5-12,17H,3-4,13-16H2,1-2H3,(H2,26,32);3H,1-2H3. The number of aromatic nitrogens is 2. The lowest BCUT2D eigenvalue weighted by atomic mass is 10.1. The highest BCUT2D eigenvalue weighted by Crippen LogP contribution is 2.25. The number of ether oxygens (including phenoxy) is 1. The van der Waals surface area contributed by atoms with Crippen LogP contribution in [0.5, 0.6) is 5.75 Å². The predicted molar refractivity (Wildman–Crippen MR) is 149 cm³/mol. The van der Waals surface area contributed by atoms with Gasteiger partial charge in [0.05, 0.1) is 12.8 Å². The maximum absolute atomic E-state index is 12.1. The van der Waals surface area contributed by atoms with Crippen LogP contribution in [0.25, 0.3) is 5.69 Å². The summed E-state index contributed by atoms with van der Waals surface area (Å²) in [4.78, 5) is 39.5. The molecule has 1 aliphatic heterocycles. The van der Waals surface area contributed by atoms with Crippen molar-refractivity contribution >= 4 is 30.0 Å². The second-order valence-corrected chi connectivity index (χ2v) is 9.26. The molecule has 38 heavy (non-hydrogen) atoms. The van der Waals surface area contributed by atoms with E-state index in [4.69, 9.17) is 10.5 Å². The highest BCUT2D eigenvalue weighted by Gasteiger charge is 2.22. The van der Waals surface area contributed by atoms with Crippen molar-refractivity contribution in [2.75, 3.05) is 57.7 Å². The van der Waals surface area contributed by atoms with Gasteiger partial charge in [-0.2, -0.15) is 5.10 Å². The minimum Gasteiger partial charge on any atom is -0.497 e. The van der Waals surface area contributed by atoms with E-state index in [0.29, 0.717) is 35.7 Å². The Morgan fingerprint density at radius 2 is 1.58 bits per heavy atom. The third-order valence-corrected chi connectivity index (χ3v) is 6.35. The van der Waals surface area contributed by atoms with Crippen LogP contribution < -0.4 is 20.3 Å². The Morgan fingerprint density at radius 3 is 2.08 bits per heavy atom. The third kappa shape index (κ3) is 6.90. The zero-order valence-corrected chi connectivity index (χ0v) is 22.5. The van der Waals surface area contributed by atoms with E-state index in [1.807, 2.05) is 7.05 Å². The van der Waals surface area contributed by atoms with Crippen molar-refractivity contribution < 1.29 is 19.1 Å². The molecule has 0 atom stereocenters. The van der Waals surface area contributed by atoms with Gasteiger partial charge in [0, 0.05) is 57.7 Å². The quantitative estimate of drug-likeness (QED) is 0.409. The van der Waals surface area contributed by atoms with E-state index in [1.54, 1.807) is 45.5 Å². The molecule has 0 bridgehead atoms. The Hall–Kier alpha value is -4.34. The van der Waals surface area contributed by atoms with Crippen LogP contribution in [-0.2, 0) is 11.2 Å². The summed E-state index contributed by atoms with van der Waals surface area (Å²) >= 11 is 0. The Balaban J connectivity index is 0.000000732. The molecule has 10 nitrogen and oxygen atoms in total. The molecular weight excluding hydrogens is 484 g/mol. The number of carbonyl (C=O) groups excluding carboxylic acids is 3. The van der Waals surface area contributed by atoms with E-state index in [2.05, 4.69) is 39.2 Å². The van der Waals surface area contributed by atoms with Crippen molar-refractivity contribution in [2.45, 2.75) is 19.3 Å². The highest BCUT2D eigenvalue weighted by molar-refractivity contribution is 5.95. The fourth-order valence-corrected chi connectivity index (χ4v) is 4.25. The fourth-order valence-electron chi connectivity index (χ4n) is 4.25. The lowest BCUT2D eigenvalue weighted by Gasteiger charge is -2.22. The average molecular weight is 521 g/mol. The molecule has 0 radical (unpaired) electrons. The van der Waals surface area contributed by atoms with Gasteiger partial charge >= 0.3 is 0 Å². The average Bonchev–Trinajstić information content (AvgIpc) is 3.60. The molecule has 2 amide bonds. The van der Waals surface area contributed by atoms with Crippen molar-refractivity contribution in [3.63, 3.8) is 0 Å². The fraction of sp³-hybridized carbons (Fsp3) is 0.357. The number of nitrogens with zero attached hydrogens (tertiary/aromatic N) is 5. The predicted octanol–water partition coefficient (Wildman–Crippen LogP) is 2.78. The zero-order valence-electron chi connectivity index (χ0n) is 22.5. The van der Waals surface area contributed by atoms with E-state index in [9.17, 15) is 14.4 Å². The number of likely N-dealkylation sites (N-methyl/N-ethyl adjacent to an activating group) is 1. The summed E-state index contributed by atoms with van der Waals surface area (Å²) in [5.41, 5.74) is 9.55. The maximum Gasteiger partial charge on any atom is 0.269 e. The first-order chi connectivity index (χ1) is 18.3. The first-order valence-corrected chi connectivity index (χ1v) is 12.5. The second kappa shape index (κ2) is 13.3. The summed E-state index contributed by atoms with van der Waals surface area (Å²) in [7, 11) is 6.95. The Bertz CT molecular complexity index is 1220. The molecule has 1 saturated heterocycles. The van der Waals surface area contributed by atoms with Gasteiger partial charge in [-0.3, -0.25) is 14.4 Å². The van der Waals surface area contributed by atoms with E-state index in [0.717, 1.165) is 31.5 Å². The molecule has 3 aromatic rings. The summed E-state index contributed by atoms with van der Waals surface area (Å²) in [6.07, 6.45) is 4.41. The molecule has 0 spiro atoms. The van der Waals surface area contributed by atoms with Crippen molar-refractivity contribution in [2.24, 2.45) is 5.73 Å². The lowest BCUT2D eigenvalue weighted by molar-refractivity contribution is -0.115. The maximum atomic E-state index is 12.1. The summed E-state index contributed by atoms with van der Waals surface area (Å²) in [5.74, 6) is 0.0317. The minimum absolute atomic E-state index is 0.116. The number of nitrogens with two attached hydrogens (primary N) is 1. The number of hydrogen-bond acceptors (Lipinski definition) is 7. The van der Waals surface area contributed by atoms with Gasteiger partial charge in [0.1, 0.15) is 11.4 Å². The SMILES string of the molecule is CN(C)C=O.COc1ccc(-n2nc(C(N)=O)c(CCN(C)c3ccc(N4CCCC4)cc3)c2C=O)cc1. The van der Waals surface area contributed by atoms with Gasteiger partial charge in [-0.25, -0.2) is 4.68 Å². The van der Waals surface area contributed by atoms with E-state index in [1.165, 1.54) is 28.1 Å². The number of anilines is 2. The van der Waals surface area contributed by atoms with Crippen molar-refractivity contribution in [3.05, 3.63) is 65.5 Å². The molecule has 202 valence electrons. The summed E-state index contributed by atoms with van der Waals surface area (Å²) < 4.78 is 6.66. The van der Waals surface area contributed by atoms with Gasteiger partial charge in [-0.1, -0.05) is 0 Å². The topological polar surface area (TPSA) is 114 Å². The molecule has 0 aliphatic carbocycles. The monoisotopic (exact) mass is 520 g/mol. The number of methoxy groups -OCH3 is 1. The van der Waals surface area contributed by atoms with Crippen LogP contribution in [0.3, 0.4) is 0 Å². The Morgan fingerprint density at radius 1 is 1.00 bits per heavy atom. The summed E-state index contributed by atoms with van der Waals surface area (Å²) in [5, 5.41) is 4.36. The van der Waals surface area contributed by atoms with E-state index >= 15 is 0 Å². The zero-order chi connectivity index (χ0) is 27.7. The van der Waals surface area contributed by atoms with E-state index < -0.39 is 5.91 Å². The Labute approximate surface area is 223 Å². The van der Waals surface area contributed by atoms with Crippen LogP contribution in [0.1, 0.15) is 39.4 Å². The van der Waals surface area contributed by atoms with Crippen LogP contribution in [-0.4, -0.2) is 81.2 Å². The van der Waals surface area contributed by atoms with Gasteiger partial charge in [0.2, 0.25) is 6.41 Å².